The summed E-state index contributed by atoms with van der Waals surface area (Å²) in [6.07, 6.45) is 6.98. The topological polar surface area (TPSA) is 0 Å². The Bertz CT molecular complexity index is 467. The Morgan fingerprint density at radius 1 is 1.06 bits per heavy atom. The Labute approximate surface area is 105 Å². The summed E-state index contributed by atoms with van der Waals surface area (Å²) in [5, 5.41) is 0. The van der Waals surface area contributed by atoms with Crippen LogP contribution in [0.25, 0.3) is 0 Å². The standard InChI is InChI=1S/C17H18/c1-3-4-5-6-7-8-9-10-11-17-14-12-16(2)13-15-17/h8-9,12-15H,3-5H2,1-2H3/b9-8-. The van der Waals surface area contributed by atoms with Crippen molar-refractivity contribution >= 4 is 0 Å². The first-order valence-corrected chi connectivity index (χ1v) is 6.04. The molecular formula is C17H18. The first kappa shape index (κ1) is 13.1. The number of aryl methyl sites for hydroxylation is 1. The van der Waals surface area contributed by atoms with Gasteiger partial charge in [-0.2, -0.15) is 0 Å². The minimum absolute atomic E-state index is 0.978. The maximum absolute atomic E-state index is 3.09. The molecule has 0 aromatic heterocycles. The highest BCUT2D eigenvalue weighted by atomic mass is 13.9. The van der Waals surface area contributed by atoms with Crippen molar-refractivity contribution in [3.8, 4) is 23.7 Å². The Morgan fingerprint density at radius 2 is 1.76 bits per heavy atom. The molecule has 0 atom stereocenters. The first-order valence-electron chi connectivity index (χ1n) is 6.04. The third kappa shape index (κ3) is 6.29. The number of benzene rings is 1. The Kier molecular flexibility index (Phi) is 6.39. The van der Waals surface area contributed by atoms with Crippen LogP contribution in [0.4, 0.5) is 0 Å². The summed E-state index contributed by atoms with van der Waals surface area (Å²) >= 11 is 0. The highest BCUT2D eigenvalue weighted by Crippen LogP contribution is 2.00. The van der Waals surface area contributed by atoms with E-state index >= 15 is 0 Å². The monoisotopic (exact) mass is 222 g/mol. The molecule has 0 N–H and O–H groups in total. The average molecular weight is 222 g/mol. The molecule has 0 saturated heterocycles. The van der Waals surface area contributed by atoms with Crippen molar-refractivity contribution in [3.05, 3.63) is 47.5 Å². The summed E-state index contributed by atoms with van der Waals surface area (Å²) in [6, 6.07) is 8.20. The van der Waals surface area contributed by atoms with E-state index in [1.165, 1.54) is 18.4 Å². The zero-order valence-corrected chi connectivity index (χ0v) is 10.6. The Balaban J connectivity index is 2.42. The van der Waals surface area contributed by atoms with Crippen molar-refractivity contribution in [2.45, 2.75) is 33.1 Å². The van der Waals surface area contributed by atoms with Crippen molar-refractivity contribution < 1.29 is 0 Å². The van der Waals surface area contributed by atoms with Gasteiger partial charge >= 0.3 is 0 Å². The van der Waals surface area contributed by atoms with Gasteiger partial charge in [-0.25, -0.2) is 0 Å². The Morgan fingerprint density at radius 3 is 2.47 bits per heavy atom. The molecule has 1 aromatic rings. The van der Waals surface area contributed by atoms with Gasteiger partial charge in [0.05, 0.1) is 0 Å². The van der Waals surface area contributed by atoms with Gasteiger partial charge in [0, 0.05) is 12.0 Å². The number of hydrogen-bond acceptors (Lipinski definition) is 0. The van der Waals surface area contributed by atoms with Gasteiger partial charge in [-0.1, -0.05) is 54.7 Å². The van der Waals surface area contributed by atoms with E-state index in [9.17, 15) is 0 Å². The molecule has 1 rings (SSSR count). The van der Waals surface area contributed by atoms with E-state index in [1.54, 1.807) is 6.08 Å². The molecule has 0 heterocycles. The number of rotatable bonds is 2. The van der Waals surface area contributed by atoms with Gasteiger partial charge in [-0.05, 0) is 37.6 Å². The van der Waals surface area contributed by atoms with Gasteiger partial charge in [0.1, 0.15) is 0 Å². The van der Waals surface area contributed by atoms with Crippen LogP contribution >= 0.6 is 0 Å². The molecule has 17 heavy (non-hydrogen) atoms. The molecule has 0 unspecified atom stereocenters. The molecule has 0 nitrogen and oxygen atoms in total. The summed E-state index contributed by atoms with van der Waals surface area (Å²) in [6.45, 7) is 4.24. The van der Waals surface area contributed by atoms with Crippen LogP contribution in [-0.2, 0) is 0 Å². The third-order valence-electron chi connectivity index (χ3n) is 2.28. The van der Waals surface area contributed by atoms with Crippen LogP contribution in [0.2, 0.25) is 0 Å². The van der Waals surface area contributed by atoms with E-state index in [-0.39, 0.29) is 0 Å². The fourth-order valence-corrected chi connectivity index (χ4v) is 1.24. The minimum Gasteiger partial charge on any atom is -0.0985 e. The molecule has 0 saturated carbocycles. The lowest BCUT2D eigenvalue weighted by Gasteiger charge is -1.90. The van der Waals surface area contributed by atoms with Gasteiger partial charge in [-0.3, -0.25) is 0 Å². The van der Waals surface area contributed by atoms with Crippen LogP contribution in [0, 0.1) is 30.6 Å². The van der Waals surface area contributed by atoms with Crippen molar-refractivity contribution in [2.24, 2.45) is 0 Å². The highest BCUT2D eigenvalue weighted by Gasteiger charge is 1.84. The van der Waals surface area contributed by atoms with Crippen LogP contribution in [0.5, 0.6) is 0 Å². The highest BCUT2D eigenvalue weighted by molar-refractivity contribution is 5.39. The predicted molar refractivity (Wildman–Crippen MR) is 74.5 cm³/mol. The summed E-state index contributed by atoms with van der Waals surface area (Å²) in [4.78, 5) is 0. The van der Waals surface area contributed by atoms with E-state index in [0.29, 0.717) is 0 Å². The van der Waals surface area contributed by atoms with Crippen LogP contribution < -0.4 is 0 Å². The second-order valence-electron chi connectivity index (χ2n) is 3.89. The minimum atomic E-state index is 0.978. The van der Waals surface area contributed by atoms with Gasteiger partial charge < -0.3 is 0 Å². The van der Waals surface area contributed by atoms with Crippen LogP contribution in [0.3, 0.4) is 0 Å². The number of allylic oxidation sites excluding steroid dienone is 2. The molecule has 0 aliphatic heterocycles. The molecule has 0 heteroatoms. The molecular weight excluding hydrogens is 204 g/mol. The lowest BCUT2D eigenvalue weighted by Crippen LogP contribution is -1.73. The van der Waals surface area contributed by atoms with Crippen LogP contribution in [0.15, 0.2) is 36.4 Å². The molecule has 0 bridgehead atoms. The van der Waals surface area contributed by atoms with E-state index in [0.717, 1.165) is 12.0 Å². The molecule has 0 fully saturated rings. The molecule has 0 spiro atoms. The van der Waals surface area contributed by atoms with Gasteiger partial charge in [0.15, 0.2) is 0 Å². The number of unbranched alkanes of at least 4 members (excludes halogenated alkanes) is 2. The third-order valence-corrected chi connectivity index (χ3v) is 2.28. The first-order chi connectivity index (χ1) is 8.33. The average Bonchev–Trinajstić information content (AvgIpc) is 2.35. The summed E-state index contributed by atoms with van der Waals surface area (Å²) in [7, 11) is 0. The van der Waals surface area contributed by atoms with Crippen molar-refractivity contribution in [3.63, 3.8) is 0 Å². The quantitative estimate of drug-likeness (QED) is 0.522. The molecule has 0 aliphatic carbocycles. The molecule has 1 aromatic carbocycles. The van der Waals surface area contributed by atoms with Crippen LogP contribution in [-0.4, -0.2) is 0 Å². The molecule has 0 amide bonds. The van der Waals surface area contributed by atoms with Gasteiger partial charge in [-0.15, -0.1) is 0 Å². The largest absolute Gasteiger partial charge is 0.0985 e. The van der Waals surface area contributed by atoms with E-state index in [2.05, 4.69) is 49.7 Å². The maximum Gasteiger partial charge on any atom is 0.0249 e. The van der Waals surface area contributed by atoms with E-state index in [1.807, 2.05) is 18.2 Å². The SMILES string of the molecule is CCCCC#C/C=C\C#Cc1ccc(C)cc1. The smallest absolute Gasteiger partial charge is 0.0249 e. The van der Waals surface area contributed by atoms with E-state index in [4.69, 9.17) is 0 Å². The summed E-state index contributed by atoms with van der Waals surface area (Å²) < 4.78 is 0. The van der Waals surface area contributed by atoms with Crippen molar-refractivity contribution in [2.75, 3.05) is 0 Å². The fraction of sp³-hybridized carbons (Fsp3) is 0.294. The second-order valence-corrected chi connectivity index (χ2v) is 3.89. The van der Waals surface area contributed by atoms with Crippen molar-refractivity contribution in [1.82, 2.24) is 0 Å². The van der Waals surface area contributed by atoms with E-state index < -0.39 is 0 Å². The van der Waals surface area contributed by atoms with Gasteiger partial charge in [0.25, 0.3) is 0 Å². The second kappa shape index (κ2) is 8.26. The predicted octanol–water partition coefficient (Wildman–Crippen LogP) is 4.10. The maximum atomic E-state index is 3.09. The lowest BCUT2D eigenvalue weighted by molar-refractivity contribution is 0.828. The lowest BCUT2D eigenvalue weighted by atomic mass is 10.1. The molecule has 86 valence electrons. The van der Waals surface area contributed by atoms with Crippen molar-refractivity contribution in [1.29, 1.82) is 0 Å². The number of hydrogen-bond donors (Lipinski definition) is 0. The van der Waals surface area contributed by atoms with Crippen LogP contribution in [0.1, 0.15) is 37.3 Å². The Hall–Kier alpha value is -1.92. The normalized spacial score (nSPS) is 9.29. The molecule has 0 radical (unpaired) electrons. The zero-order valence-electron chi connectivity index (χ0n) is 10.6. The summed E-state index contributed by atoms with van der Waals surface area (Å²) in [5.41, 5.74) is 2.30. The van der Waals surface area contributed by atoms with Gasteiger partial charge in [0.2, 0.25) is 0 Å². The zero-order chi connectivity index (χ0) is 12.3. The fourth-order valence-electron chi connectivity index (χ4n) is 1.24. The summed E-state index contributed by atoms with van der Waals surface area (Å²) in [5.74, 6) is 12.1. The molecule has 0 aliphatic rings.